The van der Waals surface area contributed by atoms with Crippen molar-refractivity contribution in [3.63, 3.8) is 0 Å². The summed E-state index contributed by atoms with van der Waals surface area (Å²) in [5.41, 5.74) is 6.56. The monoisotopic (exact) mass is 1390 g/mol. The van der Waals surface area contributed by atoms with Gasteiger partial charge in [0.1, 0.15) is 0 Å². The van der Waals surface area contributed by atoms with Crippen molar-refractivity contribution in [1.82, 2.24) is 4.57 Å². The average molecular weight is 1390 g/mol. The van der Waals surface area contributed by atoms with Crippen LogP contribution in [0.15, 0.2) is 121 Å². The van der Waals surface area contributed by atoms with Crippen LogP contribution < -0.4 is 4.90 Å². The van der Waals surface area contributed by atoms with Crippen LogP contribution in [0.5, 0.6) is 0 Å². The first-order chi connectivity index (χ1) is 15.9. The molecule has 0 aliphatic heterocycles. The number of fused-ring (bicyclic) bond motifs is 3. The van der Waals surface area contributed by atoms with E-state index in [1.165, 1.54) is 21.8 Å². The number of aromatic nitrogens is 1. The number of rotatable bonds is 4. The maximum Gasteiger partial charge on any atom is 0.0541 e. The van der Waals surface area contributed by atoms with Crippen molar-refractivity contribution in [3.05, 3.63) is 133 Å². The Morgan fingerprint density at radius 1 is 0.419 bits per heavy atom. The molecule has 5 aromatic carbocycles. The Morgan fingerprint density at radius 3 is 1.26 bits per heavy atom. The van der Waals surface area contributed by atoms with E-state index in [-0.39, 0.29) is 360 Å². The molecule has 0 aliphatic rings. The number of hydrogen-bond acceptors (Lipinski definition) is 1. The number of nitrogens with zero attached hydrogens (tertiary/aromatic N) is 2. The predicted octanol–water partition coefficient (Wildman–Crippen LogP) is 7.83. The Bertz CT molecular complexity index is 1460. The summed E-state index contributed by atoms with van der Waals surface area (Å²) in [5, 5.41) is 2.52. The SMILES string of the molecule is [Y].[Y].[Y].[Y].[Y].[Y].[Y].[Y].[Y].[Y].[Y].[c-]1ccccc1N(c1[c-]cccc1)c1cccc(-n2c3ccccc3c3ccccc32)c1. The first-order valence-electron chi connectivity index (χ1n) is 10.7. The van der Waals surface area contributed by atoms with Crippen molar-refractivity contribution in [2.45, 2.75) is 0 Å². The third-order valence-electron chi connectivity index (χ3n) is 5.79. The van der Waals surface area contributed by atoms with E-state index in [9.17, 15) is 0 Å². The molecule has 0 spiro atoms. The third kappa shape index (κ3) is 16.2. The summed E-state index contributed by atoms with van der Waals surface area (Å²) >= 11 is 0. The molecule has 43 heavy (non-hydrogen) atoms. The molecule has 6 rings (SSSR count). The largest absolute Gasteiger partial charge is 0.358 e. The van der Waals surface area contributed by atoms with Gasteiger partial charge in [-0.15, -0.1) is 12.1 Å². The van der Waals surface area contributed by atoms with Gasteiger partial charge in [0.05, 0.1) is 11.0 Å². The molecule has 0 atom stereocenters. The summed E-state index contributed by atoms with van der Waals surface area (Å²) in [7, 11) is 0. The second-order valence-corrected chi connectivity index (χ2v) is 7.72. The van der Waals surface area contributed by atoms with Crippen LogP contribution in [-0.2, 0) is 360 Å². The number of para-hydroxylation sites is 4. The molecule has 0 N–H and O–H groups in total. The normalized spacial score (nSPS) is 8.28. The predicted molar refractivity (Wildman–Crippen MR) is 133 cm³/mol. The molecule has 0 amide bonds. The molecule has 185 valence electrons. The molecule has 0 unspecified atom stereocenters. The Balaban J connectivity index is -0.000000311. The van der Waals surface area contributed by atoms with E-state index in [2.05, 4.69) is 107 Å². The van der Waals surface area contributed by atoms with Gasteiger partial charge in [0, 0.05) is 382 Å². The zero-order valence-corrected chi connectivity index (χ0v) is 55.0. The van der Waals surface area contributed by atoms with Crippen LogP contribution in [0.1, 0.15) is 0 Å². The van der Waals surface area contributed by atoms with E-state index >= 15 is 0 Å². The van der Waals surface area contributed by atoms with Gasteiger partial charge < -0.3 is 9.47 Å². The maximum absolute atomic E-state index is 3.38. The van der Waals surface area contributed by atoms with Gasteiger partial charge >= 0.3 is 0 Å². The molecule has 1 aromatic heterocycles. The Kier molecular flexibility index (Phi) is 48.5. The summed E-state index contributed by atoms with van der Waals surface area (Å²) in [4.78, 5) is 2.19. The molecule has 1 heterocycles. The van der Waals surface area contributed by atoms with Gasteiger partial charge in [0.15, 0.2) is 0 Å². The van der Waals surface area contributed by atoms with Gasteiger partial charge in [-0.2, -0.15) is 48.5 Å². The number of hydrogen-bond donors (Lipinski definition) is 0. The van der Waals surface area contributed by atoms with Gasteiger partial charge in [-0.25, -0.2) is 0 Å². The van der Waals surface area contributed by atoms with Crippen molar-refractivity contribution in [2.75, 3.05) is 4.90 Å². The minimum atomic E-state index is 0. The van der Waals surface area contributed by atoms with Gasteiger partial charge in [0.25, 0.3) is 0 Å². The van der Waals surface area contributed by atoms with Crippen molar-refractivity contribution >= 4 is 38.9 Å². The fourth-order valence-corrected chi connectivity index (χ4v) is 4.43. The van der Waals surface area contributed by atoms with Gasteiger partial charge in [-0.3, -0.25) is 0 Å². The van der Waals surface area contributed by atoms with Crippen LogP contribution in [-0.4, -0.2) is 4.57 Å². The van der Waals surface area contributed by atoms with E-state index in [0.717, 1.165) is 22.7 Å². The van der Waals surface area contributed by atoms with E-state index in [1.54, 1.807) is 0 Å². The van der Waals surface area contributed by atoms with Crippen LogP contribution in [0.4, 0.5) is 17.1 Å². The summed E-state index contributed by atoms with van der Waals surface area (Å²) in [6.45, 7) is 0. The third-order valence-corrected chi connectivity index (χ3v) is 5.79. The van der Waals surface area contributed by atoms with Crippen LogP contribution in [0.25, 0.3) is 27.5 Å². The Labute approximate surface area is 532 Å². The summed E-state index contributed by atoms with van der Waals surface area (Å²) in [5.74, 6) is 0. The molecule has 11 radical (unpaired) electrons. The van der Waals surface area contributed by atoms with Crippen LogP contribution in [0, 0.1) is 12.1 Å². The molecule has 0 aliphatic carbocycles. The molecule has 0 fully saturated rings. The van der Waals surface area contributed by atoms with Crippen molar-refractivity contribution in [3.8, 4) is 5.69 Å². The molecule has 0 saturated heterocycles. The minimum Gasteiger partial charge on any atom is -0.358 e. The van der Waals surface area contributed by atoms with Crippen molar-refractivity contribution in [1.29, 1.82) is 0 Å². The first-order valence-corrected chi connectivity index (χ1v) is 10.7. The Hall–Kier alpha value is 7.84. The first kappa shape index (κ1) is 62.8. The molecule has 13 heteroatoms. The quantitative estimate of drug-likeness (QED) is 0.164. The van der Waals surface area contributed by atoms with Gasteiger partial charge in [0.2, 0.25) is 0 Å². The zero-order chi connectivity index (χ0) is 21.3. The van der Waals surface area contributed by atoms with E-state index in [0.29, 0.717) is 0 Å². The fraction of sp³-hybridized carbons (Fsp3) is 0. The van der Waals surface area contributed by atoms with E-state index < -0.39 is 0 Å². The smallest absolute Gasteiger partial charge is 0.0541 e. The van der Waals surface area contributed by atoms with Crippen LogP contribution in [0.2, 0.25) is 0 Å². The molecular weight excluding hydrogens is 1370 g/mol. The molecular formula is C30H20N2Y11-2. The maximum atomic E-state index is 3.38. The molecule has 0 saturated carbocycles. The second-order valence-electron chi connectivity index (χ2n) is 7.72. The zero-order valence-electron chi connectivity index (χ0n) is 23.8. The Morgan fingerprint density at radius 2 is 0.837 bits per heavy atom. The fourth-order valence-electron chi connectivity index (χ4n) is 4.43. The van der Waals surface area contributed by atoms with Crippen LogP contribution in [0.3, 0.4) is 0 Å². The standard InChI is InChI=1S/C30H20N2.11Y/c1-3-12-23(13-4-1)31(24-14-5-2-6-15-24)25-16-11-17-26(22-25)32-29-20-9-7-18-27(29)28-19-8-10-21-30(28)32;;;;;;;;;;;/h1-12,14,16-22H;;;;;;;;;;;/q-2;;;;;;;;;;;. The van der Waals surface area contributed by atoms with Crippen molar-refractivity contribution < 1.29 is 360 Å². The average Bonchev–Trinajstić information content (AvgIpc) is 3.20. The summed E-state index contributed by atoms with van der Waals surface area (Å²) in [6.07, 6.45) is 0. The number of benzene rings is 5. The molecule has 0 bridgehead atoms. The molecule has 6 aromatic rings. The van der Waals surface area contributed by atoms with E-state index in [4.69, 9.17) is 0 Å². The topological polar surface area (TPSA) is 8.17 Å². The summed E-state index contributed by atoms with van der Waals surface area (Å²) < 4.78 is 2.34. The van der Waals surface area contributed by atoms with Crippen LogP contribution >= 0.6 is 0 Å². The summed E-state index contributed by atoms with van der Waals surface area (Å²) in [6, 6.07) is 48.7. The van der Waals surface area contributed by atoms with Gasteiger partial charge in [-0.05, 0) is 30.3 Å². The van der Waals surface area contributed by atoms with Crippen molar-refractivity contribution in [2.24, 2.45) is 0 Å². The molecule has 2 nitrogen and oxygen atoms in total. The van der Waals surface area contributed by atoms with E-state index in [1.807, 2.05) is 36.4 Å². The van der Waals surface area contributed by atoms with Gasteiger partial charge in [-0.1, -0.05) is 53.8 Å². The second kappa shape index (κ2) is 33.2. The number of anilines is 3. The minimum absolute atomic E-state index is 0.